The zero-order valence-corrected chi connectivity index (χ0v) is 14.6. The van der Waals surface area contributed by atoms with Crippen LogP contribution in [0.15, 0.2) is 0 Å². The Morgan fingerprint density at radius 2 is 1.00 bits per heavy atom. The molecule has 0 aliphatic rings. The first kappa shape index (κ1) is 28.5. The third-order valence-corrected chi connectivity index (χ3v) is 3.19. The van der Waals surface area contributed by atoms with Crippen LogP contribution in [0.2, 0.25) is 0 Å². The van der Waals surface area contributed by atoms with Gasteiger partial charge >= 0.3 is 50.4 Å². The number of hydrogen-bond acceptors (Lipinski definition) is 5. The van der Waals surface area contributed by atoms with E-state index in [1.54, 1.807) is 0 Å². The van der Waals surface area contributed by atoms with Crippen molar-refractivity contribution in [3.63, 3.8) is 0 Å². The minimum atomic E-state index is -4.67. The molecule has 0 spiro atoms. The summed E-state index contributed by atoms with van der Waals surface area (Å²) in [5.74, 6) is 0. The zero-order chi connectivity index (χ0) is 17.5. The molecule has 138 valence electrons. The molecule has 0 atom stereocenters. The van der Waals surface area contributed by atoms with Crippen molar-refractivity contribution in [3.05, 3.63) is 0 Å². The molecule has 0 bridgehead atoms. The summed E-state index contributed by atoms with van der Waals surface area (Å²) >= 11 is 0. The summed E-state index contributed by atoms with van der Waals surface area (Å²) in [5.41, 5.74) is 0. The van der Waals surface area contributed by atoms with Crippen LogP contribution in [0.5, 0.6) is 0 Å². The molecule has 0 heterocycles. The monoisotopic (exact) mass is 388 g/mol. The molecule has 0 aliphatic heterocycles. The third kappa shape index (κ3) is 45.0. The molecule has 0 aliphatic carbocycles. The zero-order valence-electron chi connectivity index (χ0n) is 13.0. The first-order valence-corrected chi connectivity index (χ1v) is 10.1. The van der Waals surface area contributed by atoms with Gasteiger partial charge < -0.3 is 0 Å². The van der Waals surface area contributed by atoms with Crippen LogP contribution in [0.3, 0.4) is 0 Å². The Kier molecular flexibility index (Phi) is 21.8. The average Bonchev–Trinajstić information content (AvgIpc) is 2.32. The molecule has 11 heteroatoms. The number of rotatable bonds is 12. The fourth-order valence-corrected chi connectivity index (χ4v) is 2.08. The van der Waals surface area contributed by atoms with Gasteiger partial charge in [-0.15, -0.1) is 0 Å². The van der Waals surface area contributed by atoms with Gasteiger partial charge in [-0.2, -0.15) is 16.8 Å². The Labute approximate surface area is 162 Å². The molecule has 0 saturated carbocycles. The molecular weight excluding hydrogens is 359 g/mol. The van der Waals surface area contributed by atoms with E-state index in [4.69, 9.17) is 22.1 Å². The van der Waals surface area contributed by atoms with Gasteiger partial charge in [0.25, 0.3) is 0 Å². The standard InChI is InChI=1S/C12H26O4S.Na.H2O4S.H/c1-2-3-4-5-6-7-8-9-10-11-12-16-17(13,14)15;;1-5(2,3)4;/h2-12H2,1H3,(H,13,14,15);;(H2,1,2,3,4);. The van der Waals surface area contributed by atoms with E-state index in [0.29, 0.717) is 6.42 Å². The summed E-state index contributed by atoms with van der Waals surface area (Å²) in [6, 6.07) is 0. The predicted molar refractivity (Wildman–Crippen MR) is 90.7 cm³/mol. The molecule has 0 fully saturated rings. The molecule has 0 aromatic rings. The fraction of sp³-hybridized carbons (Fsp3) is 1.00. The topological polar surface area (TPSA) is 138 Å². The van der Waals surface area contributed by atoms with E-state index in [9.17, 15) is 8.42 Å². The van der Waals surface area contributed by atoms with E-state index >= 15 is 0 Å². The van der Waals surface area contributed by atoms with Gasteiger partial charge in [-0.05, 0) is 6.42 Å². The molecule has 0 rings (SSSR count). The van der Waals surface area contributed by atoms with Crippen LogP contribution in [-0.2, 0) is 25.0 Å². The van der Waals surface area contributed by atoms with Crippen LogP contribution in [0.1, 0.15) is 71.1 Å². The van der Waals surface area contributed by atoms with Crippen LogP contribution < -0.4 is 0 Å². The van der Waals surface area contributed by atoms with Crippen molar-refractivity contribution in [1.82, 2.24) is 0 Å². The average molecular weight is 388 g/mol. The summed E-state index contributed by atoms with van der Waals surface area (Å²) in [7, 11) is -8.90. The second kappa shape index (κ2) is 17.6. The van der Waals surface area contributed by atoms with E-state index in [0.717, 1.165) is 12.8 Å². The molecule has 0 radical (unpaired) electrons. The SMILES string of the molecule is CCCCCCCCCCCCOS(=O)(=O)O.O=S(=O)(O)O.[NaH]. The van der Waals surface area contributed by atoms with E-state index in [1.165, 1.54) is 44.9 Å². The van der Waals surface area contributed by atoms with E-state index < -0.39 is 20.8 Å². The fourth-order valence-electron chi connectivity index (χ4n) is 1.75. The molecule has 0 saturated heterocycles. The molecular formula is C12H29NaO8S2. The van der Waals surface area contributed by atoms with Gasteiger partial charge in [0, 0.05) is 0 Å². The number of hydrogen-bond donors (Lipinski definition) is 3. The van der Waals surface area contributed by atoms with Gasteiger partial charge in [0.1, 0.15) is 0 Å². The van der Waals surface area contributed by atoms with Gasteiger partial charge in [-0.3, -0.25) is 13.7 Å². The van der Waals surface area contributed by atoms with Crippen molar-refractivity contribution >= 4 is 50.4 Å². The summed E-state index contributed by atoms with van der Waals surface area (Å²) in [6.07, 6.45) is 11.9. The number of unbranched alkanes of at least 4 members (excludes halogenated alkanes) is 9. The maximum atomic E-state index is 10.2. The molecule has 0 aromatic carbocycles. The van der Waals surface area contributed by atoms with Crippen molar-refractivity contribution in [2.24, 2.45) is 0 Å². The van der Waals surface area contributed by atoms with Gasteiger partial charge in [0.15, 0.2) is 0 Å². The van der Waals surface area contributed by atoms with Gasteiger partial charge in [0.05, 0.1) is 6.61 Å². The van der Waals surface area contributed by atoms with Gasteiger partial charge in [0.2, 0.25) is 0 Å². The molecule has 23 heavy (non-hydrogen) atoms. The van der Waals surface area contributed by atoms with E-state index in [-0.39, 0.29) is 36.2 Å². The Bertz CT molecular complexity index is 428. The van der Waals surface area contributed by atoms with Crippen LogP contribution in [0.25, 0.3) is 0 Å². The van der Waals surface area contributed by atoms with Crippen LogP contribution >= 0.6 is 0 Å². The second-order valence-electron chi connectivity index (χ2n) is 4.88. The maximum absolute atomic E-state index is 10.2. The van der Waals surface area contributed by atoms with Crippen LogP contribution in [-0.4, -0.2) is 66.7 Å². The Hall–Kier alpha value is 0.740. The Morgan fingerprint density at radius 3 is 1.30 bits per heavy atom. The Morgan fingerprint density at radius 1 is 0.696 bits per heavy atom. The third-order valence-electron chi connectivity index (χ3n) is 2.73. The predicted octanol–water partition coefficient (Wildman–Crippen LogP) is 2.43. The van der Waals surface area contributed by atoms with Crippen molar-refractivity contribution in [2.45, 2.75) is 71.1 Å². The molecule has 8 nitrogen and oxygen atoms in total. The first-order chi connectivity index (χ1) is 10.1. The first-order valence-electron chi connectivity index (χ1n) is 7.38. The van der Waals surface area contributed by atoms with Crippen molar-refractivity contribution in [3.8, 4) is 0 Å². The quantitative estimate of drug-likeness (QED) is 0.263. The molecule has 0 aromatic heterocycles. The summed E-state index contributed by atoms with van der Waals surface area (Å²) in [4.78, 5) is 0. The molecule has 0 amide bonds. The van der Waals surface area contributed by atoms with Crippen LogP contribution in [0, 0.1) is 0 Å². The molecule has 0 unspecified atom stereocenters. The van der Waals surface area contributed by atoms with Gasteiger partial charge in [-0.1, -0.05) is 64.7 Å². The summed E-state index contributed by atoms with van der Waals surface area (Å²) < 4.78 is 64.6. The van der Waals surface area contributed by atoms with E-state index in [1.807, 2.05) is 0 Å². The van der Waals surface area contributed by atoms with E-state index in [2.05, 4.69) is 11.1 Å². The molecule has 3 N–H and O–H groups in total. The van der Waals surface area contributed by atoms with Crippen molar-refractivity contribution < 1.29 is 34.7 Å². The second-order valence-corrected chi connectivity index (χ2v) is 6.87. The van der Waals surface area contributed by atoms with Crippen molar-refractivity contribution in [1.29, 1.82) is 0 Å². The summed E-state index contributed by atoms with van der Waals surface area (Å²) in [6.45, 7) is 2.31. The van der Waals surface area contributed by atoms with Gasteiger partial charge in [-0.25, -0.2) is 4.18 Å². The summed E-state index contributed by atoms with van der Waals surface area (Å²) in [5, 5.41) is 0. The van der Waals surface area contributed by atoms with Crippen LogP contribution in [0.4, 0.5) is 0 Å². The normalized spacial score (nSPS) is 11.3. The Balaban J connectivity index is -0.000000578. The van der Waals surface area contributed by atoms with Crippen molar-refractivity contribution in [2.75, 3.05) is 6.61 Å². The minimum absolute atomic E-state index is 0.